The van der Waals surface area contributed by atoms with Crippen molar-refractivity contribution < 1.29 is 8.42 Å². The Morgan fingerprint density at radius 1 is 1.10 bits per heavy atom. The highest BCUT2D eigenvalue weighted by atomic mass is 32.2. The number of aromatic nitrogens is 1. The molecule has 21 heavy (non-hydrogen) atoms. The minimum Gasteiger partial charge on any atom is -0.370 e. The van der Waals surface area contributed by atoms with Gasteiger partial charge in [0, 0.05) is 6.54 Å². The SMILES string of the molecule is CCS(=O)(=O)Nc1ccc(NCCc2ccccc2)nc1. The van der Waals surface area contributed by atoms with Crippen LogP contribution < -0.4 is 10.0 Å². The van der Waals surface area contributed by atoms with Gasteiger partial charge in [0.1, 0.15) is 5.82 Å². The van der Waals surface area contributed by atoms with E-state index < -0.39 is 10.0 Å². The Balaban J connectivity index is 1.85. The van der Waals surface area contributed by atoms with Gasteiger partial charge in [-0.25, -0.2) is 13.4 Å². The lowest BCUT2D eigenvalue weighted by Gasteiger charge is -2.08. The fourth-order valence-corrected chi connectivity index (χ4v) is 2.41. The van der Waals surface area contributed by atoms with Crippen molar-refractivity contribution in [3.63, 3.8) is 0 Å². The van der Waals surface area contributed by atoms with Gasteiger partial charge in [-0.3, -0.25) is 4.72 Å². The van der Waals surface area contributed by atoms with E-state index in [0.29, 0.717) is 5.69 Å². The van der Waals surface area contributed by atoms with Crippen LogP contribution in [0.5, 0.6) is 0 Å². The zero-order valence-corrected chi connectivity index (χ0v) is 12.7. The number of nitrogens with one attached hydrogen (secondary N) is 2. The second-order valence-electron chi connectivity index (χ2n) is 4.60. The zero-order chi connectivity index (χ0) is 15.1. The Hall–Kier alpha value is -2.08. The number of rotatable bonds is 7. The van der Waals surface area contributed by atoms with E-state index in [4.69, 9.17) is 0 Å². The molecule has 1 heterocycles. The van der Waals surface area contributed by atoms with Crippen molar-refractivity contribution in [1.82, 2.24) is 4.98 Å². The molecule has 6 heteroatoms. The average Bonchev–Trinajstić information content (AvgIpc) is 2.50. The van der Waals surface area contributed by atoms with Gasteiger partial charge in [0.2, 0.25) is 10.0 Å². The van der Waals surface area contributed by atoms with Gasteiger partial charge in [-0.15, -0.1) is 0 Å². The summed E-state index contributed by atoms with van der Waals surface area (Å²) in [5.41, 5.74) is 1.74. The van der Waals surface area contributed by atoms with Gasteiger partial charge in [-0.1, -0.05) is 30.3 Å². The first-order valence-corrected chi connectivity index (χ1v) is 8.48. The Labute approximate surface area is 125 Å². The van der Waals surface area contributed by atoms with Crippen molar-refractivity contribution in [1.29, 1.82) is 0 Å². The van der Waals surface area contributed by atoms with Crippen molar-refractivity contribution >= 4 is 21.5 Å². The lowest BCUT2D eigenvalue weighted by molar-refractivity contribution is 0.602. The summed E-state index contributed by atoms with van der Waals surface area (Å²) in [6, 6.07) is 13.7. The highest BCUT2D eigenvalue weighted by molar-refractivity contribution is 7.92. The van der Waals surface area contributed by atoms with Crippen LogP contribution >= 0.6 is 0 Å². The maximum absolute atomic E-state index is 11.4. The smallest absolute Gasteiger partial charge is 0.232 e. The lowest BCUT2D eigenvalue weighted by Crippen LogP contribution is -2.14. The highest BCUT2D eigenvalue weighted by Crippen LogP contribution is 2.11. The Kier molecular flexibility index (Phi) is 5.16. The number of sulfonamides is 1. The maximum Gasteiger partial charge on any atom is 0.232 e. The third-order valence-electron chi connectivity index (χ3n) is 2.98. The quantitative estimate of drug-likeness (QED) is 0.824. The maximum atomic E-state index is 11.4. The largest absolute Gasteiger partial charge is 0.370 e. The predicted octanol–water partition coefficient (Wildman–Crippen LogP) is 2.50. The lowest BCUT2D eigenvalue weighted by atomic mass is 10.1. The van der Waals surface area contributed by atoms with E-state index in [1.165, 1.54) is 11.8 Å². The minimum atomic E-state index is -3.25. The number of hydrogen-bond donors (Lipinski definition) is 2. The number of nitrogens with zero attached hydrogens (tertiary/aromatic N) is 1. The van der Waals surface area contributed by atoms with Crippen LogP contribution in [0.25, 0.3) is 0 Å². The molecule has 5 nitrogen and oxygen atoms in total. The van der Waals surface area contributed by atoms with Crippen molar-refractivity contribution in [2.75, 3.05) is 22.3 Å². The molecule has 0 unspecified atom stereocenters. The summed E-state index contributed by atoms with van der Waals surface area (Å²) >= 11 is 0. The van der Waals surface area contributed by atoms with E-state index in [1.54, 1.807) is 19.1 Å². The van der Waals surface area contributed by atoms with Crippen LogP contribution in [0.4, 0.5) is 11.5 Å². The fourth-order valence-electron chi connectivity index (χ4n) is 1.79. The Bertz CT molecular complexity index is 655. The number of pyridine rings is 1. The second-order valence-corrected chi connectivity index (χ2v) is 6.61. The molecule has 2 aromatic rings. The van der Waals surface area contributed by atoms with E-state index in [0.717, 1.165) is 18.8 Å². The van der Waals surface area contributed by atoms with Gasteiger partial charge in [0.25, 0.3) is 0 Å². The molecule has 0 saturated heterocycles. The molecule has 0 aliphatic heterocycles. The van der Waals surface area contributed by atoms with E-state index in [2.05, 4.69) is 27.2 Å². The summed E-state index contributed by atoms with van der Waals surface area (Å²) in [6.45, 7) is 2.37. The molecule has 0 amide bonds. The molecule has 112 valence electrons. The van der Waals surface area contributed by atoms with E-state index >= 15 is 0 Å². The molecular formula is C15H19N3O2S. The third kappa shape index (κ3) is 5.07. The molecule has 0 radical (unpaired) electrons. The number of benzene rings is 1. The molecule has 2 N–H and O–H groups in total. The summed E-state index contributed by atoms with van der Waals surface area (Å²) in [6.07, 6.45) is 2.42. The molecule has 0 aliphatic rings. The highest BCUT2D eigenvalue weighted by Gasteiger charge is 2.06. The van der Waals surface area contributed by atoms with Gasteiger partial charge in [0.05, 0.1) is 17.6 Å². The van der Waals surface area contributed by atoms with Gasteiger partial charge in [-0.05, 0) is 31.0 Å². The summed E-state index contributed by atoms with van der Waals surface area (Å²) < 4.78 is 25.3. The van der Waals surface area contributed by atoms with Crippen molar-refractivity contribution in [2.24, 2.45) is 0 Å². The first kappa shape index (κ1) is 15.3. The molecule has 0 spiro atoms. The molecule has 0 aliphatic carbocycles. The minimum absolute atomic E-state index is 0.0457. The van der Waals surface area contributed by atoms with Crippen molar-refractivity contribution in [3.05, 3.63) is 54.2 Å². The van der Waals surface area contributed by atoms with Crippen molar-refractivity contribution in [2.45, 2.75) is 13.3 Å². The number of hydrogen-bond acceptors (Lipinski definition) is 4. The first-order valence-electron chi connectivity index (χ1n) is 6.83. The molecule has 2 rings (SSSR count). The van der Waals surface area contributed by atoms with Gasteiger partial charge >= 0.3 is 0 Å². The summed E-state index contributed by atoms with van der Waals surface area (Å²) in [7, 11) is -3.25. The fraction of sp³-hybridized carbons (Fsp3) is 0.267. The van der Waals surface area contributed by atoms with E-state index in [1.807, 2.05) is 18.2 Å². The summed E-state index contributed by atoms with van der Waals surface area (Å²) in [5.74, 6) is 0.773. The Morgan fingerprint density at radius 3 is 2.48 bits per heavy atom. The van der Waals surface area contributed by atoms with Gasteiger partial charge in [-0.2, -0.15) is 0 Å². The van der Waals surface area contributed by atoms with Gasteiger partial charge in [0.15, 0.2) is 0 Å². The average molecular weight is 305 g/mol. The molecule has 0 fully saturated rings. The third-order valence-corrected chi connectivity index (χ3v) is 4.29. The van der Waals surface area contributed by atoms with Crippen molar-refractivity contribution in [3.8, 4) is 0 Å². The normalized spacial score (nSPS) is 11.1. The van der Waals surface area contributed by atoms with Gasteiger partial charge < -0.3 is 5.32 Å². The second kappa shape index (κ2) is 7.08. The zero-order valence-electron chi connectivity index (χ0n) is 11.9. The Morgan fingerprint density at radius 2 is 1.86 bits per heavy atom. The van der Waals surface area contributed by atoms with Crippen LogP contribution in [0.1, 0.15) is 12.5 Å². The molecule has 1 aromatic heterocycles. The first-order chi connectivity index (χ1) is 10.1. The molecule has 0 atom stereocenters. The van der Waals surface area contributed by atoms with E-state index in [-0.39, 0.29) is 5.75 Å². The topological polar surface area (TPSA) is 71.1 Å². The molecular weight excluding hydrogens is 286 g/mol. The van der Waals surface area contributed by atoms with Crippen LogP contribution in [0, 0.1) is 0 Å². The van der Waals surface area contributed by atoms with Crippen LogP contribution in [0.3, 0.4) is 0 Å². The molecule has 0 bridgehead atoms. The van der Waals surface area contributed by atoms with Crippen LogP contribution in [-0.2, 0) is 16.4 Å². The van der Waals surface area contributed by atoms with Crippen LogP contribution in [0.2, 0.25) is 0 Å². The van der Waals surface area contributed by atoms with E-state index in [9.17, 15) is 8.42 Å². The molecule has 1 aromatic carbocycles. The number of anilines is 2. The summed E-state index contributed by atoms with van der Waals surface area (Å²) in [4.78, 5) is 4.19. The summed E-state index contributed by atoms with van der Waals surface area (Å²) in [5, 5.41) is 3.21. The standard InChI is InChI=1S/C15H19N3O2S/c1-2-21(19,20)18-14-8-9-15(17-12-14)16-11-10-13-6-4-3-5-7-13/h3-9,12,18H,2,10-11H2,1H3,(H,16,17). The predicted molar refractivity (Wildman–Crippen MR) is 86.0 cm³/mol. The molecule has 0 saturated carbocycles. The van der Waals surface area contributed by atoms with Crippen LogP contribution in [0.15, 0.2) is 48.7 Å². The monoisotopic (exact) mass is 305 g/mol. The van der Waals surface area contributed by atoms with Crippen LogP contribution in [-0.4, -0.2) is 25.7 Å².